The fourth-order valence-electron chi connectivity index (χ4n) is 2.45. The molecule has 0 fully saturated rings. The van der Waals surface area contributed by atoms with Gasteiger partial charge in [0.05, 0.1) is 6.04 Å². The smallest absolute Gasteiger partial charge is 0.291 e. The Hall–Kier alpha value is -2.76. The third-order valence-corrected chi connectivity index (χ3v) is 3.83. The van der Waals surface area contributed by atoms with Gasteiger partial charge in [0, 0.05) is 11.9 Å². The molecule has 0 aliphatic rings. The quantitative estimate of drug-likeness (QED) is 0.804. The highest BCUT2D eigenvalue weighted by Crippen LogP contribution is 2.17. The molecule has 118 valence electrons. The zero-order valence-corrected chi connectivity index (χ0v) is 13.4. The van der Waals surface area contributed by atoms with Gasteiger partial charge in [-0.2, -0.15) is 4.98 Å². The number of carbonyl (C=O) groups is 1. The number of nitrogens with one attached hydrogen (secondary N) is 1. The zero-order chi connectivity index (χ0) is 16.4. The summed E-state index contributed by atoms with van der Waals surface area (Å²) in [6.45, 7) is 5.97. The minimum absolute atomic E-state index is 0.0660. The molecule has 0 saturated heterocycles. The van der Waals surface area contributed by atoms with Crippen molar-refractivity contribution in [3.05, 3.63) is 59.2 Å². The van der Waals surface area contributed by atoms with Crippen molar-refractivity contribution in [2.24, 2.45) is 0 Å². The molecule has 0 saturated carbocycles. The summed E-state index contributed by atoms with van der Waals surface area (Å²) >= 11 is 0. The van der Waals surface area contributed by atoms with Gasteiger partial charge in [-0.3, -0.25) is 4.79 Å². The maximum atomic E-state index is 12.5. The number of aromatic nitrogens is 4. The third kappa shape index (κ3) is 3.06. The van der Waals surface area contributed by atoms with E-state index in [0.717, 1.165) is 17.7 Å². The fourth-order valence-corrected chi connectivity index (χ4v) is 2.45. The Morgan fingerprint density at radius 2 is 1.96 bits per heavy atom. The van der Waals surface area contributed by atoms with Gasteiger partial charge in [0.2, 0.25) is 5.82 Å². The summed E-state index contributed by atoms with van der Waals surface area (Å²) in [6.07, 6.45) is 2.45. The van der Waals surface area contributed by atoms with Gasteiger partial charge < -0.3 is 5.32 Å². The highest BCUT2D eigenvalue weighted by Gasteiger charge is 2.18. The maximum Gasteiger partial charge on any atom is 0.291 e. The lowest BCUT2D eigenvalue weighted by Gasteiger charge is -2.16. The number of amides is 1. The highest BCUT2D eigenvalue weighted by molar-refractivity contribution is 5.91. The van der Waals surface area contributed by atoms with Crippen LogP contribution in [0, 0.1) is 13.8 Å². The van der Waals surface area contributed by atoms with Crippen molar-refractivity contribution in [3.63, 3.8) is 0 Å². The third-order valence-electron chi connectivity index (χ3n) is 3.83. The summed E-state index contributed by atoms with van der Waals surface area (Å²) in [4.78, 5) is 20.8. The molecule has 1 atom stereocenters. The van der Waals surface area contributed by atoms with Crippen LogP contribution in [0.5, 0.6) is 0 Å². The largest absolute Gasteiger partial charge is 0.342 e. The van der Waals surface area contributed by atoms with Crippen LogP contribution in [0.25, 0.3) is 5.78 Å². The van der Waals surface area contributed by atoms with Crippen LogP contribution in [0.3, 0.4) is 0 Å². The molecule has 0 aliphatic heterocycles. The van der Waals surface area contributed by atoms with E-state index in [4.69, 9.17) is 0 Å². The molecule has 3 aromatic rings. The number of benzene rings is 1. The van der Waals surface area contributed by atoms with Crippen molar-refractivity contribution < 1.29 is 4.79 Å². The van der Waals surface area contributed by atoms with Gasteiger partial charge in [0.25, 0.3) is 11.7 Å². The summed E-state index contributed by atoms with van der Waals surface area (Å²) in [6, 6.07) is 9.91. The van der Waals surface area contributed by atoms with Gasteiger partial charge in [0.1, 0.15) is 0 Å². The van der Waals surface area contributed by atoms with E-state index in [-0.39, 0.29) is 17.8 Å². The first-order chi connectivity index (χ1) is 11.1. The average Bonchev–Trinajstić information content (AvgIpc) is 2.99. The molecule has 1 N–H and O–H groups in total. The van der Waals surface area contributed by atoms with Crippen molar-refractivity contribution in [1.29, 1.82) is 0 Å². The lowest BCUT2D eigenvalue weighted by Crippen LogP contribution is -2.29. The number of hydrogen-bond acceptors (Lipinski definition) is 4. The van der Waals surface area contributed by atoms with Crippen LogP contribution in [0.2, 0.25) is 0 Å². The molecule has 0 bridgehead atoms. The van der Waals surface area contributed by atoms with E-state index in [0.29, 0.717) is 5.78 Å². The van der Waals surface area contributed by atoms with E-state index in [2.05, 4.69) is 20.4 Å². The van der Waals surface area contributed by atoms with E-state index in [9.17, 15) is 4.79 Å². The van der Waals surface area contributed by atoms with Gasteiger partial charge in [-0.05, 0) is 31.9 Å². The monoisotopic (exact) mass is 309 g/mol. The Labute approximate surface area is 134 Å². The lowest BCUT2D eigenvalue weighted by molar-refractivity contribution is 0.0925. The second-order valence-electron chi connectivity index (χ2n) is 5.58. The average molecular weight is 309 g/mol. The van der Waals surface area contributed by atoms with Crippen LogP contribution in [0.15, 0.2) is 36.5 Å². The molecule has 23 heavy (non-hydrogen) atoms. The van der Waals surface area contributed by atoms with Crippen LogP contribution in [0.1, 0.15) is 46.8 Å². The zero-order valence-electron chi connectivity index (χ0n) is 13.4. The maximum absolute atomic E-state index is 12.5. The minimum Gasteiger partial charge on any atom is -0.342 e. The van der Waals surface area contributed by atoms with Crippen molar-refractivity contribution >= 4 is 11.7 Å². The fraction of sp³-hybridized carbons (Fsp3) is 0.294. The number of hydrogen-bond donors (Lipinski definition) is 1. The molecule has 6 nitrogen and oxygen atoms in total. The number of aryl methyl sites for hydroxylation is 2. The molecule has 1 amide bonds. The van der Waals surface area contributed by atoms with Gasteiger partial charge >= 0.3 is 0 Å². The second kappa shape index (κ2) is 6.16. The van der Waals surface area contributed by atoms with Crippen molar-refractivity contribution in [2.45, 2.75) is 33.2 Å². The topological polar surface area (TPSA) is 72.2 Å². The van der Waals surface area contributed by atoms with Crippen molar-refractivity contribution in [1.82, 2.24) is 24.9 Å². The van der Waals surface area contributed by atoms with Gasteiger partial charge in [-0.25, -0.2) is 9.50 Å². The van der Waals surface area contributed by atoms with Crippen LogP contribution in [0.4, 0.5) is 0 Å². The molecule has 2 heterocycles. The number of carbonyl (C=O) groups excluding carboxylic acids is 1. The molecule has 3 rings (SSSR count). The minimum atomic E-state index is -0.290. The summed E-state index contributed by atoms with van der Waals surface area (Å²) < 4.78 is 1.57. The van der Waals surface area contributed by atoms with E-state index >= 15 is 0 Å². The van der Waals surface area contributed by atoms with Crippen LogP contribution in [-0.2, 0) is 0 Å². The Morgan fingerprint density at radius 1 is 1.22 bits per heavy atom. The van der Waals surface area contributed by atoms with Crippen LogP contribution in [-0.4, -0.2) is 25.5 Å². The summed E-state index contributed by atoms with van der Waals surface area (Å²) in [7, 11) is 0. The molecule has 2 aromatic heterocycles. The Bertz CT molecular complexity index is 838. The number of rotatable bonds is 4. The van der Waals surface area contributed by atoms with E-state index in [1.807, 2.05) is 51.1 Å². The highest BCUT2D eigenvalue weighted by atomic mass is 16.2. The second-order valence-corrected chi connectivity index (χ2v) is 5.58. The SMILES string of the molecule is CC[C@@H](NC(=O)c1nc2nccc(C)n2n1)c1ccc(C)cc1. The van der Waals surface area contributed by atoms with Crippen LogP contribution >= 0.6 is 0 Å². The summed E-state index contributed by atoms with van der Waals surface area (Å²) in [5.74, 6) is 0.276. The molecule has 0 aliphatic carbocycles. The molecular weight excluding hydrogens is 290 g/mol. The lowest BCUT2D eigenvalue weighted by atomic mass is 10.0. The van der Waals surface area contributed by atoms with Crippen molar-refractivity contribution in [2.75, 3.05) is 0 Å². The standard InChI is InChI=1S/C17H19N5O/c1-4-14(13-7-5-11(2)6-8-13)19-16(23)15-20-17-18-10-9-12(3)22(17)21-15/h5-10,14H,4H2,1-3H3,(H,19,23)/t14-/m1/s1. The van der Waals surface area contributed by atoms with E-state index < -0.39 is 0 Å². The van der Waals surface area contributed by atoms with E-state index in [1.54, 1.807) is 10.7 Å². The summed E-state index contributed by atoms with van der Waals surface area (Å²) in [5.41, 5.74) is 3.15. The van der Waals surface area contributed by atoms with Crippen molar-refractivity contribution in [3.8, 4) is 0 Å². The molecular formula is C17H19N5O. The Balaban J connectivity index is 1.83. The summed E-state index contributed by atoms with van der Waals surface area (Å²) in [5, 5.41) is 7.23. The van der Waals surface area contributed by atoms with E-state index in [1.165, 1.54) is 5.56 Å². The Morgan fingerprint density at radius 3 is 2.61 bits per heavy atom. The predicted octanol–water partition coefficient (Wildman–Crippen LogP) is 2.62. The van der Waals surface area contributed by atoms with Gasteiger partial charge in [-0.15, -0.1) is 5.10 Å². The van der Waals surface area contributed by atoms with Gasteiger partial charge in [0.15, 0.2) is 0 Å². The molecule has 1 aromatic carbocycles. The number of nitrogens with zero attached hydrogens (tertiary/aromatic N) is 4. The Kier molecular flexibility index (Phi) is 4.06. The normalized spacial score (nSPS) is 12.3. The first-order valence-corrected chi connectivity index (χ1v) is 7.64. The van der Waals surface area contributed by atoms with Gasteiger partial charge in [-0.1, -0.05) is 36.8 Å². The first-order valence-electron chi connectivity index (χ1n) is 7.64. The molecule has 0 spiro atoms. The predicted molar refractivity (Wildman–Crippen MR) is 87.2 cm³/mol. The molecule has 0 unspecified atom stereocenters. The first kappa shape index (κ1) is 15.1. The van der Waals surface area contributed by atoms with Crippen LogP contribution < -0.4 is 5.32 Å². The molecule has 0 radical (unpaired) electrons. The molecule has 6 heteroatoms. The number of fused-ring (bicyclic) bond motifs is 1.